The van der Waals surface area contributed by atoms with Crippen molar-refractivity contribution in [3.05, 3.63) is 52.5 Å². The van der Waals surface area contributed by atoms with E-state index in [9.17, 15) is 10.2 Å². The maximum atomic E-state index is 9.34. The molecule has 0 aliphatic rings. The molecule has 2 rings (SSSR count). The molecule has 2 aromatic rings. The summed E-state index contributed by atoms with van der Waals surface area (Å²) in [7, 11) is 0. The number of aromatic hydroxyl groups is 2. The van der Waals surface area contributed by atoms with Crippen LogP contribution < -0.4 is 4.74 Å². The van der Waals surface area contributed by atoms with Gasteiger partial charge in [0.1, 0.15) is 23.9 Å². The number of hydrogen-bond donors (Lipinski definition) is 2. The van der Waals surface area contributed by atoms with Crippen LogP contribution in [0, 0.1) is 0 Å². The van der Waals surface area contributed by atoms with Crippen LogP contribution in [-0.2, 0) is 6.61 Å². The average molecular weight is 295 g/mol. The van der Waals surface area contributed by atoms with E-state index in [1.165, 1.54) is 0 Å². The number of phenols is 2. The lowest BCUT2D eigenvalue weighted by Gasteiger charge is -2.07. The summed E-state index contributed by atoms with van der Waals surface area (Å²) in [6, 6.07) is 11.8. The average Bonchev–Trinajstić information content (AvgIpc) is 2.31. The minimum atomic E-state index is 0.175. The van der Waals surface area contributed by atoms with Crippen LogP contribution in [0.3, 0.4) is 0 Å². The van der Waals surface area contributed by atoms with Gasteiger partial charge in [-0.3, -0.25) is 0 Å². The topological polar surface area (TPSA) is 49.7 Å². The second kappa shape index (κ2) is 5.10. The van der Waals surface area contributed by atoms with Crippen molar-refractivity contribution in [1.82, 2.24) is 0 Å². The van der Waals surface area contributed by atoms with Gasteiger partial charge in [-0.05, 0) is 45.8 Å². The minimum Gasteiger partial charge on any atom is -0.508 e. The highest BCUT2D eigenvalue weighted by atomic mass is 79.9. The summed E-state index contributed by atoms with van der Waals surface area (Å²) >= 11 is 3.24. The van der Waals surface area contributed by atoms with E-state index < -0.39 is 0 Å². The van der Waals surface area contributed by atoms with E-state index in [1.807, 2.05) is 0 Å². The zero-order valence-electron chi connectivity index (χ0n) is 8.93. The van der Waals surface area contributed by atoms with Crippen molar-refractivity contribution in [1.29, 1.82) is 0 Å². The quantitative estimate of drug-likeness (QED) is 0.912. The normalized spacial score (nSPS) is 10.2. The predicted octanol–water partition coefficient (Wildman–Crippen LogP) is 3.44. The monoisotopic (exact) mass is 294 g/mol. The van der Waals surface area contributed by atoms with Crippen molar-refractivity contribution < 1.29 is 14.9 Å². The first-order valence-electron chi connectivity index (χ1n) is 5.04. The smallest absolute Gasteiger partial charge is 0.129 e. The Labute approximate surface area is 107 Å². The summed E-state index contributed by atoms with van der Waals surface area (Å²) in [5.74, 6) is 0.981. The SMILES string of the molecule is Oc1cccc(OCc2ccc(O)c(Br)c2)c1. The molecule has 0 heterocycles. The van der Waals surface area contributed by atoms with Crippen LogP contribution in [0.4, 0.5) is 0 Å². The fourth-order valence-electron chi connectivity index (χ4n) is 1.38. The molecule has 0 spiro atoms. The molecule has 88 valence electrons. The van der Waals surface area contributed by atoms with Crippen molar-refractivity contribution in [2.75, 3.05) is 0 Å². The van der Waals surface area contributed by atoms with Gasteiger partial charge in [0.2, 0.25) is 0 Å². The van der Waals surface area contributed by atoms with Gasteiger partial charge in [-0.2, -0.15) is 0 Å². The van der Waals surface area contributed by atoms with E-state index in [4.69, 9.17) is 4.74 Å². The standard InChI is InChI=1S/C13H11BrO3/c14-12-6-9(4-5-13(12)16)8-17-11-3-1-2-10(15)7-11/h1-7,15-16H,8H2. The van der Waals surface area contributed by atoms with Crippen LogP contribution in [0.2, 0.25) is 0 Å². The van der Waals surface area contributed by atoms with E-state index in [1.54, 1.807) is 42.5 Å². The third kappa shape index (κ3) is 3.14. The fraction of sp³-hybridized carbons (Fsp3) is 0.0769. The Bertz CT molecular complexity index is 526. The van der Waals surface area contributed by atoms with Crippen molar-refractivity contribution in [3.63, 3.8) is 0 Å². The van der Waals surface area contributed by atoms with Crippen LogP contribution in [0.25, 0.3) is 0 Å². The molecule has 0 atom stereocenters. The zero-order valence-corrected chi connectivity index (χ0v) is 10.5. The van der Waals surface area contributed by atoms with Gasteiger partial charge in [-0.15, -0.1) is 0 Å². The van der Waals surface area contributed by atoms with Gasteiger partial charge in [-0.1, -0.05) is 12.1 Å². The number of halogens is 1. The predicted molar refractivity (Wildman–Crippen MR) is 68.2 cm³/mol. The Morgan fingerprint density at radius 2 is 1.88 bits per heavy atom. The summed E-state index contributed by atoms with van der Waals surface area (Å²) in [6.07, 6.45) is 0. The van der Waals surface area contributed by atoms with E-state index in [0.29, 0.717) is 16.8 Å². The maximum Gasteiger partial charge on any atom is 0.129 e. The summed E-state index contributed by atoms with van der Waals surface area (Å²) in [4.78, 5) is 0. The van der Waals surface area contributed by atoms with Crippen LogP contribution in [0.1, 0.15) is 5.56 Å². The van der Waals surface area contributed by atoms with Crippen molar-refractivity contribution in [2.24, 2.45) is 0 Å². The largest absolute Gasteiger partial charge is 0.508 e. The Hall–Kier alpha value is -1.68. The highest BCUT2D eigenvalue weighted by Crippen LogP contribution is 2.25. The number of benzene rings is 2. The summed E-state index contributed by atoms with van der Waals surface area (Å²) in [5.41, 5.74) is 0.929. The Balaban J connectivity index is 2.05. The number of ether oxygens (including phenoxy) is 1. The molecule has 0 aliphatic carbocycles. The van der Waals surface area contributed by atoms with Crippen molar-refractivity contribution in [3.8, 4) is 17.2 Å². The zero-order chi connectivity index (χ0) is 12.3. The molecule has 0 unspecified atom stereocenters. The van der Waals surface area contributed by atoms with E-state index in [2.05, 4.69) is 15.9 Å². The lowest BCUT2D eigenvalue weighted by atomic mass is 10.2. The van der Waals surface area contributed by atoms with Crippen LogP contribution in [-0.4, -0.2) is 10.2 Å². The Morgan fingerprint density at radius 1 is 1.06 bits per heavy atom. The van der Waals surface area contributed by atoms with Gasteiger partial charge in [-0.25, -0.2) is 0 Å². The molecule has 0 amide bonds. The van der Waals surface area contributed by atoms with Crippen molar-refractivity contribution in [2.45, 2.75) is 6.61 Å². The molecule has 2 aromatic carbocycles. The first-order chi connectivity index (χ1) is 8.15. The van der Waals surface area contributed by atoms with Crippen molar-refractivity contribution >= 4 is 15.9 Å². The molecular weight excluding hydrogens is 284 g/mol. The van der Waals surface area contributed by atoms with E-state index in [-0.39, 0.29) is 11.5 Å². The molecule has 0 bridgehead atoms. The van der Waals surface area contributed by atoms with Crippen LogP contribution in [0.15, 0.2) is 46.9 Å². The number of hydrogen-bond acceptors (Lipinski definition) is 3. The fourth-order valence-corrected chi connectivity index (χ4v) is 1.81. The van der Waals surface area contributed by atoms with Gasteiger partial charge in [0, 0.05) is 6.07 Å². The van der Waals surface area contributed by atoms with Gasteiger partial charge in [0.05, 0.1) is 4.47 Å². The lowest BCUT2D eigenvalue weighted by molar-refractivity contribution is 0.304. The molecule has 0 saturated heterocycles. The third-order valence-electron chi connectivity index (χ3n) is 2.24. The highest BCUT2D eigenvalue weighted by molar-refractivity contribution is 9.10. The van der Waals surface area contributed by atoms with Crippen LogP contribution in [0.5, 0.6) is 17.2 Å². The molecule has 0 aromatic heterocycles. The number of phenolic OH excluding ortho intramolecular Hbond substituents is 2. The molecule has 0 aliphatic heterocycles. The molecule has 0 fully saturated rings. The first-order valence-corrected chi connectivity index (χ1v) is 5.83. The summed E-state index contributed by atoms with van der Waals surface area (Å²) in [6.45, 7) is 0.377. The van der Waals surface area contributed by atoms with Gasteiger partial charge in [0.25, 0.3) is 0 Å². The molecule has 3 nitrogen and oxygen atoms in total. The van der Waals surface area contributed by atoms with Gasteiger partial charge < -0.3 is 14.9 Å². The molecular formula is C13H11BrO3. The molecule has 4 heteroatoms. The summed E-state index contributed by atoms with van der Waals surface area (Å²) in [5, 5.41) is 18.6. The highest BCUT2D eigenvalue weighted by Gasteiger charge is 2.01. The molecule has 0 radical (unpaired) electrons. The van der Waals surface area contributed by atoms with Gasteiger partial charge in [0.15, 0.2) is 0 Å². The molecule has 17 heavy (non-hydrogen) atoms. The van der Waals surface area contributed by atoms with Gasteiger partial charge >= 0.3 is 0 Å². The Kier molecular flexibility index (Phi) is 3.54. The van der Waals surface area contributed by atoms with E-state index >= 15 is 0 Å². The number of rotatable bonds is 3. The van der Waals surface area contributed by atoms with E-state index in [0.717, 1.165) is 5.56 Å². The second-order valence-electron chi connectivity index (χ2n) is 3.57. The second-order valence-corrected chi connectivity index (χ2v) is 4.43. The Morgan fingerprint density at radius 3 is 2.59 bits per heavy atom. The maximum absolute atomic E-state index is 9.34. The lowest BCUT2D eigenvalue weighted by Crippen LogP contribution is -1.95. The minimum absolute atomic E-state index is 0.175. The molecule has 2 N–H and O–H groups in total. The first kappa shape index (κ1) is 11.8. The van der Waals surface area contributed by atoms with Crippen LogP contribution >= 0.6 is 15.9 Å². The molecule has 0 saturated carbocycles. The third-order valence-corrected chi connectivity index (χ3v) is 2.87. The summed E-state index contributed by atoms with van der Waals surface area (Å²) < 4.78 is 6.14.